The zero-order valence-electron chi connectivity index (χ0n) is 8.41. The molecule has 1 aromatic rings. The molecule has 0 spiro atoms. The van der Waals surface area contributed by atoms with Crippen molar-refractivity contribution in [3.63, 3.8) is 0 Å². The number of aliphatic carboxylic acids is 1. The average Bonchev–Trinajstić information content (AvgIpc) is 2.63. The van der Waals surface area contributed by atoms with Crippen molar-refractivity contribution in [3.05, 3.63) is 34.6 Å². The molecule has 0 saturated carbocycles. The van der Waals surface area contributed by atoms with E-state index < -0.39 is 17.8 Å². The Hall–Kier alpha value is -1.13. The molecule has 0 bridgehead atoms. The highest BCUT2D eigenvalue weighted by Gasteiger charge is 2.33. The summed E-state index contributed by atoms with van der Waals surface area (Å²) in [4.78, 5) is 11.0. The van der Waals surface area contributed by atoms with E-state index in [2.05, 4.69) is 5.32 Å². The molecule has 2 atom stereocenters. The monoisotopic (exact) mass is 243 g/mol. The number of hydrogen-bond acceptors (Lipinski definition) is 2. The van der Waals surface area contributed by atoms with Gasteiger partial charge in [-0.2, -0.15) is 0 Å². The summed E-state index contributed by atoms with van der Waals surface area (Å²) in [5.74, 6) is -1.56. The van der Waals surface area contributed by atoms with Crippen LogP contribution in [0.2, 0.25) is 5.02 Å². The molecule has 0 radical (unpaired) electrons. The van der Waals surface area contributed by atoms with E-state index >= 15 is 0 Å². The molecular formula is C11H11ClFNO2. The summed E-state index contributed by atoms with van der Waals surface area (Å²) >= 11 is 5.75. The van der Waals surface area contributed by atoms with Crippen LogP contribution in [0.3, 0.4) is 0 Å². The second-order valence-corrected chi connectivity index (χ2v) is 4.30. The number of carboxylic acid groups (broad SMARTS) is 1. The molecule has 5 heteroatoms. The molecule has 2 rings (SSSR count). The number of hydrogen-bond donors (Lipinski definition) is 2. The van der Waals surface area contributed by atoms with Gasteiger partial charge in [-0.3, -0.25) is 4.79 Å². The minimum atomic E-state index is -0.914. The van der Waals surface area contributed by atoms with Crippen LogP contribution >= 0.6 is 11.6 Å². The smallest absolute Gasteiger partial charge is 0.321 e. The van der Waals surface area contributed by atoms with Crippen molar-refractivity contribution in [3.8, 4) is 0 Å². The van der Waals surface area contributed by atoms with Crippen molar-refractivity contribution in [2.24, 2.45) is 0 Å². The number of nitrogens with one attached hydrogen (secondary N) is 1. The molecule has 0 aliphatic carbocycles. The summed E-state index contributed by atoms with van der Waals surface area (Å²) in [6, 6.07) is 3.53. The SMILES string of the molecule is O=C(O)C1NCCC1c1cc(F)cc(Cl)c1. The van der Waals surface area contributed by atoms with E-state index in [1.54, 1.807) is 6.07 Å². The van der Waals surface area contributed by atoms with E-state index in [0.29, 0.717) is 23.6 Å². The van der Waals surface area contributed by atoms with Crippen LogP contribution in [0.25, 0.3) is 0 Å². The molecule has 2 N–H and O–H groups in total. The van der Waals surface area contributed by atoms with Crippen LogP contribution in [0.5, 0.6) is 0 Å². The lowest BCUT2D eigenvalue weighted by molar-refractivity contribution is -0.139. The molecule has 1 heterocycles. The van der Waals surface area contributed by atoms with Gasteiger partial charge in [-0.05, 0) is 36.7 Å². The van der Waals surface area contributed by atoms with Crippen LogP contribution in [0, 0.1) is 5.82 Å². The van der Waals surface area contributed by atoms with Gasteiger partial charge in [0.15, 0.2) is 0 Å². The average molecular weight is 244 g/mol. The van der Waals surface area contributed by atoms with Crippen molar-refractivity contribution in [1.82, 2.24) is 5.32 Å². The highest BCUT2D eigenvalue weighted by atomic mass is 35.5. The number of rotatable bonds is 2. The first-order valence-corrected chi connectivity index (χ1v) is 5.38. The van der Waals surface area contributed by atoms with Crippen molar-refractivity contribution in [1.29, 1.82) is 0 Å². The second kappa shape index (κ2) is 4.39. The predicted molar refractivity (Wildman–Crippen MR) is 58.2 cm³/mol. The maximum atomic E-state index is 13.2. The van der Waals surface area contributed by atoms with E-state index in [1.165, 1.54) is 12.1 Å². The molecule has 1 aromatic carbocycles. The zero-order chi connectivity index (χ0) is 11.7. The first-order chi connectivity index (χ1) is 7.58. The lowest BCUT2D eigenvalue weighted by Crippen LogP contribution is -2.34. The molecule has 1 fully saturated rings. The van der Waals surface area contributed by atoms with Gasteiger partial charge in [-0.1, -0.05) is 11.6 Å². The normalized spacial score (nSPS) is 24.6. The van der Waals surface area contributed by atoms with E-state index in [1.807, 2.05) is 0 Å². The molecule has 1 aliphatic rings. The molecule has 1 saturated heterocycles. The number of carbonyl (C=O) groups is 1. The van der Waals surface area contributed by atoms with Gasteiger partial charge in [-0.15, -0.1) is 0 Å². The Morgan fingerprint density at radius 1 is 1.50 bits per heavy atom. The second-order valence-electron chi connectivity index (χ2n) is 3.87. The Bertz CT molecular complexity index is 404. The Kier molecular flexibility index (Phi) is 3.12. The maximum Gasteiger partial charge on any atom is 0.321 e. The molecule has 16 heavy (non-hydrogen) atoms. The minimum absolute atomic E-state index is 0.217. The molecule has 0 amide bonds. The van der Waals surface area contributed by atoms with Crippen LogP contribution in [-0.4, -0.2) is 23.7 Å². The van der Waals surface area contributed by atoms with Gasteiger partial charge in [0.2, 0.25) is 0 Å². The third-order valence-corrected chi connectivity index (χ3v) is 3.02. The highest BCUT2D eigenvalue weighted by molar-refractivity contribution is 6.30. The van der Waals surface area contributed by atoms with E-state index in [-0.39, 0.29) is 5.92 Å². The van der Waals surface area contributed by atoms with Gasteiger partial charge in [0.1, 0.15) is 11.9 Å². The van der Waals surface area contributed by atoms with Gasteiger partial charge in [0, 0.05) is 10.9 Å². The number of halogens is 2. The molecule has 1 aliphatic heterocycles. The van der Waals surface area contributed by atoms with Crippen LogP contribution < -0.4 is 5.32 Å². The fourth-order valence-electron chi connectivity index (χ4n) is 2.11. The fraction of sp³-hybridized carbons (Fsp3) is 0.364. The third-order valence-electron chi connectivity index (χ3n) is 2.80. The number of benzene rings is 1. The Balaban J connectivity index is 2.32. The van der Waals surface area contributed by atoms with Gasteiger partial charge < -0.3 is 10.4 Å². The van der Waals surface area contributed by atoms with Crippen LogP contribution in [0.15, 0.2) is 18.2 Å². The molecule has 3 nitrogen and oxygen atoms in total. The quantitative estimate of drug-likeness (QED) is 0.836. The Morgan fingerprint density at radius 3 is 2.88 bits per heavy atom. The largest absolute Gasteiger partial charge is 0.480 e. The number of carboxylic acids is 1. The molecule has 0 aromatic heterocycles. The van der Waals surface area contributed by atoms with Crippen molar-refractivity contribution >= 4 is 17.6 Å². The van der Waals surface area contributed by atoms with Gasteiger partial charge in [0.25, 0.3) is 0 Å². The van der Waals surface area contributed by atoms with Gasteiger partial charge >= 0.3 is 5.97 Å². The summed E-state index contributed by atoms with van der Waals surface area (Å²) < 4.78 is 13.2. The highest BCUT2D eigenvalue weighted by Crippen LogP contribution is 2.30. The molecule has 86 valence electrons. The minimum Gasteiger partial charge on any atom is -0.480 e. The van der Waals surface area contributed by atoms with Crippen LogP contribution in [0.4, 0.5) is 4.39 Å². The standard InChI is InChI=1S/C11H11ClFNO2/c12-7-3-6(4-8(13)5-7)9-1-2-14-10(9)11(15)16/h3-5,9-10,14H,1-2H2,(H,15,16). The first kappa shape index (κ1) is 11.4. The van der Waals surface area contributed by atoms with E-state index in [9.17, 15) is 9.18 Å². The zero-order valence-corrected chi connectivity index (χ0v) is 9.17. The first-order valence-electron chi connectivity index (χ1n) is 5.00. The summed E-state index contributed by atoms with van der Waals surface area (Å²) in [6.45, 7) is 0.621. The van der Waals surface area contributed by atoms with Gasteiger partial charge in [-0.25, -0.2) is 4.39 Å². The predicted octanol–water partition coefficient (Wildman–Crippen LogP) is 2.01. The topological polar surface area (TPSA) is 49.3 Å². The summed E-state index contributed by atoms with van der Waals surface area (Å²) in [5, 5.41) is 12.2. The molecule has 2 unspecified atom stereocenters. The summed E-state index contributed by atoms with van der Waals surface area (Å²) in [7, 11) is 0. The van der Waals surface area contributed by atoms with Crippen molar-refractivity contribution < 1.29 is 14.3 Å². The lowest BCUT2D eigenvalue weighted by atomic mass is 9.92. The maximum absolute atomic E-state index is 13.2. The third kappa shape index (κ3) is 2.18. The summed E-state index contributed by atoms with van der Waals surface area (Å²) in [5.41, 5.74) is 0.641. The van der Waals surface area contributed by atoms with Crippen molar-refractivity contribution in [2.45, 2.75) is 18.4 Å². The Labute approximate surface area is 97.2 Å². The van der Waals surface area contributed by atoms with E-state index in [4.69, 9.17) is 16.7 Å². The Morgan fingerprint density at radius 2 is 2.25 bits per heavy atom. The van der Waals surface area contributed by atoms with Crippen LogP contribution in [0.1, 0.15) is 17.9 Å². The van der Waals surface area contributed by atoms with Crippen LogP contribution in [-0.2, 0) is 4.79 Å². The van der Waals surface area contributed by atoms with E-state index in [0.717, 1.165) is 0 Å². The molecular weight excluding hydrogens is 233 g/mol. The lowest BCUT2D eigenvalue weighted by Gasteiger charge is -2.16. The summed E-state index contributed by atoms with van der Waals surface area (Å²) in [6.07, 6.45) is 0.677. The van der Waals surface area contributed by atoms with Gasteiger partial charge in [0.05, 0.1) is 0 Å². The van der Waals surface area contributed by atoms with Crippen molar-refractivity contribution in [2.75, 3.05) is 6.54 Å². The fourth-order valence-corrected chi connectivity index (χ4v) is 2.34.